The number of thiophene rings is 1. The Morgan fingerprint density at radius 1 is 1.00 bits per heavy atom. The number of benzene rings is 2. The Hall–Kier alpha value is -2.07. The van der Waals surface area contributed by atoms with Crippen molar-refractivity contribution in [2.75, 3.05) is 6.54 Å². The van der Waals surface area contributed by atoms with E-state index in [4.69, 9.17) is 0 Å². The lowest BCUT2D eigenvalue weighted by Crippen LogP contribution is -2.32. The fourth-order valence-corrected chi connectivity index (χ4v) is 7.15. The van der Waals surface area contributed by atoms with Crippen LogP contribution in [0, 0.1) is 19.7 Å². The highest BCUT2D eigenvalue weighted by Gasteiger charge is 2.32. The Morgan fingerprint density at radius 2 is 1.69 bits per heavy atom. The Bertz CT molecular complexity index is 1200. The highest BCUT2D eigenvalue weighted by molar-refractivity contribution is 7.92. The summed E-state index contributed by atoms with van der Waals surface area (Å²) in [6, 6.07) is 12.9. The number of rotatable bonds is 7. The summed E-state index contributed by atoms with van der Waals surface area (Å²) < 4.78 is 67.7. The van der Waals surface area contributed by atoms with E-state index in [2.05, 4.69) is 4.72 Å². The maximum atomic E-state index is 13.2. The smallest absolute Gasteiger partial charge is 0.223 e. The van der Waals surface area contributed by atoms with Crippen molar-refractivity contribution in [1.82, 2.24) is 4.72 Å². The number of hydrogen-bond donors (Lipinski definition) is 1. The minimum atomic E-state index is -3.95. The van der Waals surface area contributed by atoms with Crippen molar-refractivity contribution >= 4 is 31.2 Å². The summed E-state index contributed by atoms with van der Waals surface area (Å²) in [5.74, 6) is -0.549. The first-order chi connectivity index (χ1) is 13.6. The number of sulfonamides is 1. The molecule has 5 nitrogen and oxygen atoms in total. The molecule has 0 saturated heterocycles. The van der Waals surface area contributed by atoms with Crippen LogP contribution in [0.5, 0.6) is 0 Å². The van der Waals surface area contributed by atoms with Crippen molar-refractivity contribution < 1.29 is 21.2 Å². The molecule has 29 heavy (non-hydrogen) atoms. The van der Waals surface area contributed by atoms with Gasteiger partial charge in [0.25, 0.3) is 0 Å². The zero-order valence-corrected chi connectivity index (χ0v) is 18.2. The largest absolute Gasteiger partial charge is 0.240 e. The Labute approximate surface area is 174 Å². The summed E-state index contributed by atoms with van der Waals surface area (Å²) in [7, 11) is -7.87. The van der Waals surface area contributed by atoms with Crippen LogP contribution in [0.2, 0.25) is 0 Å². The lowest BCUT2D eigenvalue weighted by atomic mass is 10.2. The fourth-order valence-electron chi connectivity index (χ4n) is 2.89. The van der Waals surface area contributed by atoms with E-state index in [-0.39, 0.29) is 16.3 Å². The van der Waals surface area contributed by atoms with Crippen LogP contribution in [0.1, 0.15) is 21.3 Å². The number of nitrogens with one attached hydrogen (secondary N) is 1. The molecular weight excluding hydrogens is 433 g/mol. The molecule has 1 heterocycles. The maximum absolute atomic E-state index is 13.2. The van der Waals surface area contributed by atoms with Crippen LogP contribution >= 0.6 is 11.3 Å². The van der Waals surface area contributed by atoms with Crippen LogP contribution in [-0.4, -0.2) is 23.4 Å². The summed E-state index contributed by atoms with van der Waals surface area (Å²) >= 11 is 1.22. The van der Waals surface area contributed by atoms with Gasteiger partial charge in [0.1, 0.15) is 11.1 Å². The first-order valence-corrected chi connectivity index (χ1v) is 12.6. The van der Waals surface area contributed by atoms with Gasteiger partial charge in [-0.25, -0.2) is 25.9 Å². The minimum Gasteiger partial charge on any atom is -0.223 e. The molecule has 1 aromatic heterocycles. The number of aryl methyl sites for hydroxylation is 2. The van der Waals surface area contributed by atoms with Crippen LogP contribution in [0.25, 0.3) is 0 Å². The molecule has 0 spiro atoms. The topological polar surface area (TPSA) is 80.3 Å². The second-order valence-corrected chi connectivity index (χ2v) is 11.5. The summed E-state index contributed by atoms with van der Waals surface area (Å²) in [5, 5.41) is 0.592. The molecule has 0 aliphatic rings. The molecule has 9 heteroatoms. The molecule has 3 aromatic rings. The van der Waals surface area contributed by atoms with E-state index in [1.165, 1.54) is 23.5 Å². The Kier molecular flexibility index (Phi) is 6.23. The average Bonchev–Trinajstić information content (AvgIpc) is 3.18. The molecule has 0 bridgehead atoms. The summed E-state index contributed by atoms with van der Waals surface area (Å²) in [6.07, 6.45) is 0. The highest BCUT2D eigenvalue weighted by atomic mass is 32.2. The number of sulfone groups is 1. The highest BCUT2D eigenvalue weighted by Crippen LogP contribution is 2.32. The third-order valence-electron chi connectivity index (χ3n) is 4.47. The van der Waals surface area contributed by atoms with Crippen molar-refractivity contribution in [2.45, 2.75) is 28.9 Å². The van der Waals surface area contributed by atoms with Gasteiger partial charge >= 0.3 is 0 Å². The fraction of sp³-hybridized carbons (Fsp3) is 0.200. The Morgan fingerprint density at radius 3 is 2.31 bits per heavy atom. The zero-order chi connectivity index (χ0) is 21.2. The molecule has 2 aromatic carbocycles. The third-order valence-corrected chi connectivity index (χ3v) is 9.27. The van der Waals surface area contributed by atoms with Gasteiger partial charge in [0.2, 0.25) is 10.0 Å². The van der Waals surface area contributed by atoms with Crippen LogP contribution in [0.4, 0.5) is 4.39 Å². The zero-order valence-electron chi connectivity index (χ0n) is 15.8. The first kappa shape index (κ1) is 21.6. The van der Waals surface area contributed by atoms with Gasteiger partial charge in [0.15, 0.2) is 9.84 Å². The summed E-state index contributed by atoms with van der Waals surface area (Å²) in [5.41, 5.74) is 1.35. The van der Waals surface area contributed by atoms with Gasteiger partial charge in [0.05, 0.1) is 9.79 Å². The van der Waals surface area contributed by atoms with Gasteiger partial charge in [-0.15, -0.1) is 11.3 Å². The molecule has 1 atom stereocenters. The van der Waals surface area contributed by atoms with E-state index in [1.807, 2.05) is 6.07 Å². The predicted octanol–water partition coefficient (Wildman–Crippen LogP) is 4.00. The molecule has 1 N–H and O–H groups in total. The molecule has 0 saturated carbocycles. The van der Waals surface area contributed by atoms with Gasteiger partial charge in [0, 0.05) is 11.4 Å². The molecular formula is C20H20FNO4S3. The maximum Gasteiger partial charge on any atom is 0.240 e. The van der Waals surface area contributed by atoms with Crippen LogP contribution in [0.3, 0.4) is 0 Å². The monoisotopic (exact) mass is 453 g/mol. The molecule has 0 aliphatic carbocycles. The van der Waals surface area contributed by atoms with Crippen LogP contribution in [-0.2, 0) is 19.9 Å². The lowest BCUT2D eigenvalue weighted by molar-refractivity contribution is 0.569. The average molecular weight is 454 g/mol. The van der Waals surface area contributed by atoms with E-state index in [1.54, 1.807) is 43.5 Å². The van der Waals surface area contributed by atoms with Crippen LogP contribution in [0.15, 0.2) is 69.8 Å². The van der Waals surface area contributed by atoms with Crippen molar-refractivity contribution in [3.8, 4) is 0 Å². The third kappa shape index (κ3) is 4.75. The molecule has 0 amide bonds. The quantitative estimate of drug-likeness (QED) is 0.549. The van der Waals surface area contributed by atoms with Gasteiger partial charge in [-0.2, -0.15) is 0 Å². The number of halogens is 1. The van der Waals surface area contributed by atoms with Crippen molar-refractivity contribution in [2.24, 2.45) is 0 Å². The first-order valence-electron chi connectivity index (χ1n) is 8.71. The Balaban J connectivity index is 1.95. The molecule has 0 fully saturated rings. The molecule has 154 valence electrons. The van der Waals surface area contributed by atoms with E-state index in [0.717, 1.165) is 17.7 Å². The van der Waals surface area contributed by atoms with Crippen molar-refractivity contribution in [1.29, 1.82) is 0 Å². The molecule has 0 unspecified atom stereocenters. The van der Waals surface area contributed by atoms with Gasteiger partial charge in [-0.05, 0) is 66.8 Å². The predicted molar refractivity (Wildman–Crippen MR) is 112 cm³/mol. The molecule has 0 aliphatic heterocycles. The van der Waals surface area contributed by atoms with Crippen molar-refractivity contribution in [3.05, 3.63) is 81.8 Å². The SMILES string of the molecule is Cc1ccc(C)c(S(=O)(=O)NC[C@H](c2cccs2)S(=O)(=O)c2ccc(F)cc2)c1. The van der Waals surface area contributed by atoms with Gasteiger partial charge in [-0.3, -0.25) is 0 Å². The van der Waals surface area contributed by atoms with Gasteiger partial charge < -0.3 is 0 Å². The summed E-state index contributed by atoms with van der Waals surface area (Å²) in [6.45, 7) is 3.13. The molecule has 3 rings (SSSR count). The van der Waals surface area contributed by atoms with Crippen molar-refractivity contribution in [3.63, 3.8) is 0 Å². The normalized spacial score (nSPS) is 13.3. The second kappa shape index (κ2) is 8.35. The summed E-state index contributed by atoms with van der Waals surface area (Å²) in [4.78, 5) is 0.544. The lowest BCUT2D eigenvalue weighted by Gasteiger charge is -2.18. The van der Waals surface area contributed by atoms with Crippen LogP contribution < -0.4 is 4.72 Å². The van der Waals surface area contributed by atoms with Gasteiger partial charge in [-0.1, -0.05) is 18.2 Å². The van der Waals surface area contributed by atoms with E-state index < -0.39 is 30.9 Å². The standard InChI is InChI=1S/C20H20FNO4S3/c1-14-5-6-15(2)19(12-14)29(25,26)22-13-20(18-4-3-11-27-18)28(23,24)17-9-7-16(21)8-10-17/h3-12,20,22H,13H2,1-2H3/t20-/m1/s1. The minimum absolute atomic E-state index is 0.0664. The van der Waals surface area contributed by atoms with E-state index in [9.17, 15) is 21.2 Å². The van der Waals surface area contributed by atoms with E-state index >= 15 is 0 Å². The number of hydrogen-bond acceptors (Lipinski definition) is 5. The van der Waals surface area contributed by atoms with E-state index in [0.29, 0.717) is 10.4 Å². The molecule has 0 radical (unpaired) electrons. The second-order valence-electron chi connectivity index (χ2n) is 6.62.